The van der Waals surface area contributed by atoms with Crippen molar-refractivity contribution < 1.29 is 4.39 Å². The molecule has 2 aromatic carbocycles. The molecule has 0 aromatic heterocycles. The van der Waals surface area contributed by atoms with Crippen LogP contribution in [0.2, 0.25) is 5.02 Å². The van der Waals surface area contributed by atoms with E-state index in [0.29, 0.717) is 16.4 Å². The van der Waals surface area contributed by atoms with Gasteiger partial charge in [-0.2, -0.15) is 0 Å². The van der Waals surface area contributed by atoms with Gasteiger partial charge in [-0.05, 0) is 42.8 Å². The van der Waals surface area contributed by atoms with Crippen LogP contribution in [0.3, 0.4) is 0 Å². The van der Waals surface area contributed by atoms with Crippen LogP contribution in [0.5, 0.6) is 0 Å². The summed E-state index contributed by atoms with van der Waals surface area (Å²) >= 11 is 5.78. The normalized spacial score (nSPS) is 10.3. The SMILES string of the molecule is Cc1c(N)cccc1Nc1cc(F)cc(Cl)c1. The van der Waals surface area contributed by atoms with Crippen molar-refractivity contribution in [1.29, 1.82) is 0 Å². The van der Waals surface area contributed by atoms with Gasteiger partial charge >= 0.3 is 0 Å². The monoisotopic (exact) mass is 250 g/mol. The minimum absolute atomic E-state index is 0.356. The molecule has 4 heteroatoms. The van der Waals surface area contributed by atoms with E-state index in [1.807, 2.05) is 25.1 Å². The van der Waals surface area contributed by atoms with Crippen LogP contribution in [0.25, 0.3) is 0 Å². The second-order valence-corrected chi connectivity index (χ2v) is 4.24. The third-order valence-electron chi connectivity index (χ3n) is 2.52. The van der Waals surface area contributed by atoms with Crippen LogP contribution in [0.15, 0.2) is 36.4 Å². The molecule has 0 saturated carbocycles. The van der Waals surface area contributed by atoms with E-state index in [2.05, 4.69) is 5.32 Å². The van der Waals surface area contributed by atoms with Gasteiger partial charge in [0.2, 0.25) is 0 Å². The fourth-order valence-electron chi connectivity index (χ4n) is 1.57. The molecule has 0 fully saturated rings. The number of halogens is 2. The Hall–Kier alpha value is -1.74. The van der Waals surface area contributed by atoms with Gasteiger partial charge in [-0.15, -0.1) is 0 Å². The Balaban J connectivity index is 2.34. The summed E-state index contributed by atoms with van der Waals surface area (Å²) in [6, 6.07) is 9.84. The molecule has 2 aromatic rings. The predicted molar refractivity (Wildman–Crippen MR) is 70.3 cm³/mol. The quantitative estimate of drug-likeness (QED) is 0.787. The Labute approximate surface area is 104 Å². The molecular weight excluding hydrogens is 239 g/mol. The topological polar surface area (TPSA) is 38.0 Å². The first-order valence-electron chi connectivity index (χ1n) is 5.14. The number of nitrogen functional groups attached to an aromatic ring is 1. The summed E-state index contributed by atoms with van der Waals surface area (Å²) in [4.78, 5) is 0. The molecular formula is C13H12ClFN2. The van der Waals surface area contributed by atoms with Crippen LogP contribution in [-0.4, -0.2) is 0 Å². The average molecular weight is 251 g/mol. The maximum absolute atomic E-state index is 13.2. The summed E-state index contributed by atoms with van der Waals surface area (Å²) in [5, 5.41) is 3.45. The molecule has 3 N–H and O–H groups in total. The zero-order valence-corrected chi connectivity index (χ0v) is 10.1. The fourth-order valence-corrected chi connectivity index (χ4v) is 1.79. The zero-order chi connectivity index (χ0) is 12.4. The molecule has 0 heterocycles. The van der Waals surface area contributed by atoms with E-state index < -0.39 is 0 Å². The first-order chi connectivity index (χ1) is 8.06. The third-order valence-corrected chi connectivity index (χ3v) is 2.74. The minimum Gasteiger partial charge on any atom is -0.398 e. The molecule has 2 nitrogen and oxygen atoms in total. The Bertz CT molecular complexity index is 535. The first kappa shape index (κ1) is 11.7. The van der Waals surface area contributed by atoms with Crippen molar-refractivity contribution in [1.82, 2.24) is 0 Å². The highest BCUT2D eigenvalue weighted by molar-refractivity contribution is 6.30. The standard InChI is InChI=1S/C13H12ClFN2/c1-8-12(16)3-2-4-13(8)17-11-6-9(14)5-10(15)7-11/h2-7,17H,16H2,1H3. The third kappa shape index (κ3) is 2.68. The van der Waals surface area contributed by atoms with Crippen molar-refractivity contribution in [2.75, 3.05) is 11.1 Å². The first-order valence-corrected chi connectivity index (χ1v) is 5.52. The predicted octanol–water partition coefficient (Wildman–Crippen LogP) is 4.11. The van der Waals surface area contributed by atoms with E-state index in [1.165, 1.54) is 12.1 Å². The Morgan fingerprint density at radius 3 is 2.71 bits per heavy atom. The van der Waals surface area contributed by atoms with E-state index in [-0.39, 0.29) is 5.82 Å². The highest BCUT2D eigenvalue weighted by atomic mass is 35.5. The molecule has 0 atom stereocenters. The highest BCUT2D eigenvalue weighted by Gasteiger charge is 2.03. The zero-order valence-electron chi connectivity index (χ0n) is 9.30. The molecule has 2 rings (SSSR count). The van der Waals surface area contributed by atoms with Crippen molar-refractivity contribution in [2.45, 2.75) is 6.92 Å². The van der Waals surface area contributed by atoms with E-state index in [4.69, 9.17) is 17.3 Å². The number of nitrogens with two attached hydrogens (primary N) is 1. The molecule has 0 spiro atoms. The summed E-state index contributed by atoms with van der Waals surface area (Å²) in [6.45, 7) is 1.90. The van der Waals surface area contributed by atoms with Crippen molar-refractivity contribution >= 4 is 28.7 Å². The molecule has 17 heavy (non-hydrogen) atoms. The van der Waals surface area contributed by atoms with Gasteiger partial charge in [-0.1, -0.05) is 17.7 Å². The van der Waals surface area contributed by atoms with E-state index in [0.717, 1.165) is 11.3 Å². The van der Waals surface area contributed by atoms with Crippen LogP contribution >= 0.6 is 11.6 Å². The van der Waals surface area contributed by atoms with Gasteiger partial charge in [0, 0.05) is 22.1 Å². The van der Waals surface area contributed by atoms with Gasteiger partial charge in [0.1, 0.15) is 5.82 Å². The van der Waals surface area contributed by atoms with E-state index in [9.17, 15) is 4.39 Å². The number of benzene rings is 2. The molecule has 0 unspecified atom stereocenters. The van der Waals surface area contributed by atoms with E-state index in [1.54, 1.807) is 6.07 Å². The van der Waals surface area contributed by atoms with Gasteiger partial charge in [-0.3, -0.25) is 0 Å². The van der Waals surface area contributed by atoms with Gasteiger partial charge < -0.3 is 11.1 Å². The Morgan fingerprint density at radius 2 is 2.00 bits per heavy atom. The fraction of sp³-hybridized carbons (Fsp3) is 0.0769. The van der Waals surface area contributed by atoms with Crippen LogP contribution in [0.4, 0.5) is 21.5 Å². The largest absolute Gasteiger partial charge is 0.398 e. The smallest absolute Gasteiger partial charge is 0.126 e. The van der Waals surface area contributed by atoms with E-state index >= 15 is 0 Å². The van der Waals surface area contributed by atoms with Crippen molar-refractivity contribution in [3.05, 3.63) is 52.8 Å². The van der Waals surface area contributed by atoms with Crippen molar-refractivity contribution in [3.63, 3.8) is 0 Å². The van der Waals surface area contributed by atoms with Crippen LogP contribution in [0, 0.1) is 12.7 Å². The van der Waals surface area contributed by atoms with Crippen LogP contribution in [0.1, 0.15) is 5.56 Å². The number of anilines is 3. The van der Waals surface area contributed by atoms with Crippen LogP contribution < -0.4 is 11.1 Å². The minimum atomic E-state index is -0.374. The maximum Gasteiger partial charge on any atom is 0.126 e. The summed E-state index contributed by atoms with van der Waals surface area (Å²) in [7, 11) is 0. The van der Waals surface area contributed by atoms with Gasteiger partial charge in [0.15, 0.2) is 0 Å². The summed E-state index contributed by atoms with van der Waals surface area (Å²) in [6.07, 6.45) is 0. The number of hydrogen-bond acceptors (Lipinski definition) is 2. The average Bonchev–Trinajstić information content (AvgIpc) is 2.23. The lowest BCUT2D eigenvalue weighted by Crippen LogP contribution is -1.97. The molecule has 0 aliphatic carbocycles. The van der Waals surface area contributed by atoms with Gasteiger partial charge in [0.25, 0.3) is 0 Å². The van der Waals surface area contributed by atoms with Gasteiger partial charge in [-0.25, -0.2) is 4.39 Å². The molecule has 0 amide bonds. The summed E-state index contributed by atoms with van der Waals surface area (Å²) < 4.78 is 13.2. The maximum atomic E-state index is 13.2. The second kappa shape index (κ2) is 4.63. The second-order valence-electron chi connectivity index (χ2n) is 3.80. The number of nitrogens with one attached hydrogen (secondary N) is 1. The number of hydrogen-bond donors (Lipinski definition) is 2. The summed E-state index contributed by atoms with van der Waals surface area (Å²) in [5.41, 5.74) is 8.85. The highest BCUT2D eigenvalue weighted by Crippen LogP contribution is 2.26. The molecule has 0 aliphatic heterocycles. The Kier molecular flexibility index (Phi) is 3.20. The Morgan fingerprint density at radius 1 is 1.24 bits per heavy atom. The molecule has 0 aliphatic rings. The van der Waals surface area contributed by atoms with Crippen molar-refractivity contribution in [2.24, 2.45) is 0 Å². The van der Waals surface area contributed by atoms with Crippen LogP contribution in [-0.2, 0) is 0 Å². The lowest BCUT2D eigenvalue weighted by molar-refractivity contribution is 0.628. The van der Waals surface area contributed by atoms with Crippen molar-refractivity contribution in [3.8, 4) is 0 Å². The molecule has 88 valence electrons. The lowest BCUT2D eigenvalue weighted by Gasteiger charge is -2.11. The molecule has 0 radical (unpaired) electrons. The number of rotatable bonds is 2. The van der Waals surface area contributed by atoms with Gasteiger partial charge in [0.05, 0.1) is 0 Å². The molecule has 0 bridgehead atoms. The molecule has 0 saturated heterocycles. The summed E-state index contributed by atoms with van der Waals surface area (Å²) in [5.74, 6) is -0.374. The lowest BCUT2D eigenvalue weighted by atomic mass is 10.1.